The molecule has 0 aliphatic rings. The quantitative estimate of drug-likeness (QED) is 0.760. The summed E-state index contributed by atoms with van der Waals surface area (Å²) in [7, 11) is 1.56. The van der Waals surface area contributed by atoms with Gasteiger partial charge in [-0.25, -0.2) is 0 Å². The van der Waals surface area contributed by atoms with Crippen molar-refractivity contribution in [3.63, 3.8) is 0 Å². The van der Waals surface area contributed by atoms with E-state index in [1.807, 2.05) is 24.5 Å². The summed E-state index contributed by atoms with van der Waals surface area (Å²) in [6.07, 6.45) is 2.79. The minimum absolute atomic E-state index is 0.185. The standard InChI is InChI=1S/C14H20N2O2S/c1-18-14-4-3-11(7-12(14)8-15)9-16-13(5-6-17)10-19-2/h3-4,7,13,16-17H,5-6,9-10H2,1-2H3. The Bertz CT molecular complexity index is 426. The maximum Gasteiger partial charge on any atom is 0.136 e. The van der Waals surface area contributed by atoms with Crippen LogP contribution in [0.15, 0.2) is 18.2 Å². The van der Waals surface area contributed by atoms with Gasteiger partial charge in [0.1, 0.15) is 11.8 Å². The van der Waals surface area contributed by atoms with Crippen LogP contribution in [-0.4, -0.2) is 36.9 Å². The number of rotatable bonds is 8. The number of methoxy groups -OCH3 is 1. The normalized spacial score (nSPS) is 11.9. The van der Waals surface area contributed by atoms with Crippen LogP contribution in [0, 0.1) is 11.3 Å². The maximum atomic E-state index is 9.03. The van der Waals surface area contributed by atoms with E-state index in [4.69, 9.17) is 15.1 Å². The van der Waals surface area contributed by atoms with Crippen LogP contribution >= 0.6 is 11.8 Å². The highest BCUT2D eigenvalue weighted by Crippen LogP contribution is 2.18. The summed E-state index contributed by atoms with van der Waals surface area (Å²) >= 11 is 1.75. The van der Waals surface area contributed by atoms with Gasteiger partial charge in [0.25, 0.3) is 0 Å². The third kappa shape index (κ3) is 5.11. The molecule has 4 nitrogen and oxygen atoms in total. The van der Waals surface area contributed by atoms with E-state index in [2.05, 4.69) is 11.4 Å². The highest BCUT2D eigenvalue weighted by atomic mass is 32.2. The zero-order valence-electron chi connectivity index (χ0n) is 11.3. The minimum atomic E-state index is 0.185. The predicted molar refractivity (Wildman–Crippen MR) is 78.4 cm³/mol. The van der Waals surface area contributed by atoms with Crippen LogP contribution in [0.4, 0.5) is 0 Å². The molecule has 0 aromatic heterocycles. The lowest BCUT2D eigenvalue weighted by molar-refractivity contribution is 0.270. The Balaban J connectivity index is 2.64. The van der Waals surface area contributed by atoms with Gasteiger partial charge in [0, 0.05) is 24.9 Å². The van der Waals surface area contributed by atoms with Crippen LogP contribution < -0.4 is 10.1 Å². The van der Waals surface area contributed by atoms with Crippen molar-refractivity contribution in [1.29, 1.82) is 5.26 Å². The Morgan fingerprint density at radius 1 is 1.53 bits per heavy atom. The van der Waals surface area contributed by atoms with Crippen LogP contribution in [-0.2, 0) is 6.54 Å². The molecule has 1 rings (SSSR count). The van der Waals surface area contributed by atoms with E-state index in [-0.39, 0.29) is 12.6 Å². The van der Waals surface area contributed by atoms with Gasteiger partial charge in [-0.3, -0.25) is 0 Å². The predicted octanol–water partition coefficient (Wildman–Crippen LogP) is 1.77. The van der Waals surface area contributed by atoms with Crippen LogP contribution in [0.25, 0.3) is 0 Å². The monoisotopic (exact) mass is 280 g/mol. The van der Waals surface area contributed by atoms with Crippen molar-refractivity contribution in [3.05, 3.63) is 29.3 Å². The zero-order valence-corrected chi connectivity index (χ0v) is 12.2. The number of nitrogens with one attached hydrogen (secondary N) is 1. The van der Waals surface area contributed by atoms with Crippen LogP contribution in [0.3, 0.4) is 0 Å². The largest absolute Gasteiger partial charge is 0.495 e. The van der Waals surface area contributed by atoms with Crippen molar-refractivity contribution in [1.82, 2.24) is 5.32 Å². The van der Waals surface area contributed by atoms with Gasteiger partial charge < -0.3 is 15.2 Å². The first-order chi connectivity index (χ1) is 9.24. The Kier molecular flexibility index (Phi) is 7.34. The summed E-state index contributed by atoms with van der Waals surface area (Å²) in [5.74, 6) is 1.56. The van der Waals surface area contributed by atoms with E-state index in [0.717, 1.165) is 17.7 Å². The number of nitrogens with zero attached hydrogens (tertiary/aromatic N) is 1. The minimum Gasteiger partial charge on any atom is -0.495 e. The van der Waals surface area contributed by atoms with Crippen LogP contribution in [0.5, 0.6) is 5.75 Å². The molecule has 2 N–H and O–H groups in total. The summed E-state index contributed by atoms with van der Waals surface area (Å²) in [6, 6.07) is 8.00. The molecule has 0 spiro atoms. The summed E-state index contributed by atoms with van der Waals surface area (Å²) in [5.41, 5.74) is 1.59. The van der Waals surface area contributed by atoms with E-state index in [9.17, 15) is 0 Å². The Morgan fingerprint density at radius 3 is 2.89 bits per heavy atom. The Hall–Kier alpha value is -1.22. The molecule has 1 unspecified atom stereocenters. The van der Waals surface area contributed by atoms with Crippen LogP contribution in [0.1, 0.15) is 17.5 Å². The number of thioether (sulfide) groups is 1. The molecule has 104 valence electrons. The molecule has 1 atom stereocenters. The van der Waals surface area contributed by atoms with Crippen molar-refractivity contribution in [2.75, 3.05) is 25.7 Å². The second kappa shape index (κ2) is 8.81. The molecule has 5 heteroatoms. The van der Waals surface area contributed by atoms with E-state index < -0.39 is 0 Å². The van der Waals surface area contributed by atoms with E-state index in [0.29, 0.717) is 17.9 Å². The summed E-state index contributed by atoms with van der Waals surface area (Å²) in [4.78, 5) is 0. The Labute approximate surface area is 118 Å². The van der Waals surface area contributed by atoms with Gasteiger partial charge >= 0.3 is 0 Å². The van der Waals surface area contributed by atoms with E-state index in [1.54, 1.807) is 18.9 Å². The number of hydrogen-bond acceptors (Lipinski definition) is 5. The van der Waals surface area contributed by atoms with Crippen molar-refractivity contribution < 1.29 is 9.84 Å². The molecular formula is C14H20N2O2S. The fourth-order valence-corrected chi connectivity index (χ4v) is 2.50. The average molecular weight is 280 g/mol. The SMILES string of the molecule is COc1ccc(CNC(CCO)CSC)cc1C#N. The smallest absolute Gasteiger partial charge is 0.136 e. The zero-order chi connectivity index (χ0) is 14.1. The average Bonchev–Trinajstić information content (AvgIpc) is 2.44. The number of ether oxygens (including phenoxy) is 1. The molecule has 0 aliphatic heterocycles. The van der Waals surface area contributed by atoms with Gasteiger partial charge in [-0.15, -0.1) is 0 Å². The number of benzene rings is 1. The second-order valence-electron chi connectivity index (χ2n) is 4.19. The topological polar surface area (TPSA) is 65.3 Å². The highest BCUT2D eigenvalue weighted by molar-refractivity contribution is 7.98. The molecule has 0 aliphatic carbocycles. The van der Waals surface area contributed by atoms with Gasteiger partial charge in [-0.1, -0.05) is 6.07 Å². The van der Waals surface area contributed by atoms with Crippen molar-refractivity contribution in [3.8, 4) is 11.8 Å². The molecule has 0 fully saturated rings. The molecule has 0 amide bonds. The number of nitriles is 1. The summed E-state index contributed by atoms with van der Waals surface area (Å²) < 4.78 is 5.11. The van der Waals surface area contributed by atoms with Gasteiger partial charge in [-0.2, -0.15) is 17.0 Å². The molecule has 0 saturated carbocycles. The van der Waals surface area contributed by atoms with Gasteiger partial charge in [0.05, 0.1) is 12.7 Å². The van der Waals surface area contributed by atoms with Crippen molar-refractivity contribution in [2.24, 2.45) is 0 Å². The van der Waals surface area contributed by atoms with Crippen molar-refractivity contribution in [2.45, 2.75) is 19.0 Å². The molecule has 0 heterocycles. The lowest BCUT2D eigenvalue weighted by atomic mass is 10.1. The molecule has 1 aromatic carbocycles. The maximum absolute atomic E-state index is 9.03. The fraction of sp³-hybridized carbons (Fsp3) is 0.500. The highest BCUT2D eigenvalue weighted by Gasteiger charge is 2.08. The van der Waals surface area contributed by atoms with Crippen LogP contribution in [0.2, 0.25) is 0 Å². The van der Waals surface area contributed by atoms with Gasteiger partial charge in [-0.05, 0) is 30.4 Å². The number of aliphatic hydroxyl groups excluding tert-OH is 1. The van der Waals surface area contributed by atoms with Gasteiger partial charge in [0.2, 0.25) is 0 Å². The molecule has 1 aromatic rings. The molecule has 19 heavy (non-hydrogen) atoms. The lowest BCUT2D eigenvalue weighted by Gasteiger charge is -2.17. The van der Waals surface area contributed by atoms with Crippen molar-refractivity contribution >= 4 is 11.8 Å². The third-order valence-electron chi connectivity index (χ3n) is 2.82. The first-order valence-corrected chi connectivity index (χ1v) is 7.54. The first-order valence-electron chi connectivity index (χ1n) is 6.15. The first kappa shape index (κ1) is 15.8. The van der Waals surface area contributed by atoms with E-state index in [1.165, 1.54) is 0 Å². The summed E-state index contributed by atoms with van der Waals surface area (Å²) in [6.45, 7) is 0.869. The Morgan fingerprint density at radius 2 is 2.32 bits per heavy atom. The fourth-order valence-electron chi connectivity index (χ4n) is 1.82. The van der Waals surface area contributed by atoms with Gasteiger partial charge in [0.15, 0.2) is 0 Å². The third-order valence-corrected chi connectivity index (χ3v) is 3.56. The molecular weight excluding hydrogens is 260 g/mol. The molecule has 0 saturated heterocycles. The molecule has 0 bridgehead atoms. The summed E-state index contributed by atoms with van der Waals surface area (Å²) in [5, 5.41) is 21.4. The number of aliphatic hydroxyl groups is 1. The number of hydrogen-bond donors (Lipinski definition) is 2. The molecule has 0 radical (unpaired) electrons. The second-order valence-corrected chi connectivity index (χ2v) is 5.10. The lowest BCUT2D eigenvalue weighted by Crippen LogP contribution is -2.31. The van der Waals surface area contributed by atoms with E-state index >= 15 is 0 Å².